The van der Waals surface area contributed by atoms with Crippen LogP contribution in [0.2, 0.25) is 0 Å². The first-order chi connectivity index (χ1) is 12.6. The molecule has 136 valence electrons. The fourth-order valence-electron chi connectivity index (χ4n) is 2.30. The van der Waals surface area contributed by atoms with Crippen molar-refractivity contribution in [3.8, 4) is 0 Å². The molecule has 5 heteroatoms. The van der Waals surface area contributed by atoms with E-state index in [4.69, 9.17) is 4.74 Å². The van der Waals surface area contributed by atoms with E-state index in [1.807, 2.05) is 38.1 Å². The Morgan fingerprint density at radius 1 is 1.12 bits per heavy atom. The van der Waals surface area contributed by atoms with Crippen LogP contribution in [0.15, 0.2) is 54.7 Å². The van der Waals surface area contributed by atoms with Crippen LogP contribution in [-0.2, 0) is 4.74 Å². The molecule has 2 rings (SSSR count). The molecule has 0 atom stereocenters. The molecule has 0 fully saturated rings. The number of hydrogen-bond donors (Lipinski definition) is 2. The normalized spacial score (nSPS) is 10.5. The van der Waals surface area contributed by atoms with Crippen molar-refractivity contribution in [1.29, 1.82) is 0 Å². The Morgan fingerprint density at radius 2 is 1.92 bits per heavy atom. The Morgan fingerprint density at radius 3 is 2.69 bits per heavy atom. The standard InChI is InChI=1S/C21H24N2O3/c1-3-4-14-26-20(24)18-10-5-6-11-19(18)23-21(25)22-13-12-17-9-7-8-16(2)15-17/h5-13,15H,3-4,14H2,1-2H3,(H2,22,23,25)/b13-12+. The SMILES string of the molecule is CCCCOC(=O)c1ccccc1NC(=O)N/C=C/c1cccc(C)c1. The van der Waals surface area contributed by atoms with Crippen LogP contribution in [0.1, 0.15) is 41.3 Å². The van der Waals surface area contributed by atoms with Gasteiger partial charge in [0.15, 0.2) is 0 Å². The van der Waals surface area contributed by atoms with Gasteiger partial charge in [-0.2, -0.15) is 0 Å². The Kier molecular flexibility index (Phi) is 7.43. The predicted octanol–water partition coefficient (Wildman–Crippen LogP) is 4.74. The average Bonchev–Trinajstić information content (AvgIpc) is 2.62. The van der Waals surface area contributed by atoms with E-state index in [1.54, 1.807) is 36.5 Å². The summed E-state index contributed by atoms with van der Waals surface area (Å²) in [7, 11) is 0. The highest BCUT2D eigenvalue weighted by Crippen LogP contribution is 2.16. The van der Waals surface area contributed by atoms with Gasteiger partial charge >= 0.3 is 12.0 Å². The molecule has 0 bridgehead atoms. The molecule has 2 aromatic carbocycles. The number of benzene rings is 2. The highest BCUT2D eigenvalue weighted by atomic mass is 16.5. The molecule has 0 saturated heterocycles. The molecule has 2 amide bonds. The van der Waals surface area contributed by atoms with Crippen LogP contribution < -0.4 is 10.6 Å². The van der Waals surface area contributed by atoms with Crippen molar-refractivity contribution >= 4 is 23.8 Å². The molecular weight excluding hydrogens is 328 g/mol. The number of unbranched alkanes of at least 4 members (excludes halogenated alkanes) is 1. The number of amides is 2. The number of anilines is 1. The number of ether oxygens (including phenoxy) is 1. The molecule has 0 saturated carbocycles. The van der Waals surface area contributed by atoms with E-state index in [2.05, 4.69) is 10.6 Å². The first-order valence-electron chi connectivity index (χ1n) is 8.67. The topological polar surface area (TPSA) is 67.4 Å². The van der Waals surface area contributed by atoms with Crippen LogP contribution in [0.25, 0.3) is 6.08 Å². The van der Waals surface area contributed by atoms with Crippen LogP contribution in [-0.4, -0.2) is 18.6 Å². The van der Waals surface area contributed by atoms with E-state index in [0.717, 1.165) is 24.0 Å². The van der Waals surface area contributed by atoms with E-state index in [0.29, 0.717) is 17.9 Å². The predicted molar refractivity (Wildman–Crippen MR) is 104 cm³/mol. The van der Waals surface area contributed by atoms with Gasteiger partial charge in [-0.25, -0.2) is 9.59 Å². The molecule has 0 radical (unpaired) electrons. The first kappa shape index (κ1) is 19.2. The van der Waals surface area contributed by atoms with Gasteiger partial charge < -0.3 is 15.4 Å². The third-order valence-corrected chi connectivity index (χ3v) is 3.66. The lowest BCUT2D eigenvalue weighted by Gasteiger charge is -2.10. The fraction of sp³-hybridized carbons (Fsp3) is 0.238. The second kappa shape index (κ2) is 10.0. The zero-order valence-electron chi connectivity index (χ0n) is 15.1. The van der Waals surface area contributed by atoms with Gasteiger partial charge in [0.1, 0.15) is 0 Å². The highest BCUT2D eigenvalue weighted by Gasteiger charge is 2.13. The van der Waals surface area contributed by atoms with Crippen molar-refractivity contribution in [2.75, 3.05) is 11.9 Å². The average molecular weight is 352 g/mol. The maximum absolute atomic E-state index is 12.1. The lowest BCUT2D eigenvalue weighted by atomic mass is 10.1. The van der Waals surface area contributed by atoms with Crippen LogP contribution in [0.3, 0.4) is 0 Å². The van der Waals surface area contributed by atoms with Crippen LogP contribution >= 0.6 is 0 Å². The summed E-state index contributed by atoms with van der Waals surface area (Å²) in [5.41, 5.74) is 2.88. The maximum atomic E-state index is 12.1. The fourth-order valence-corrected chi connectivity index (χ4v) is 2.30. The highest BCUT2D eigenvalue weighted by molar-refractivity contribution is 6.01. The number of esters is 1. The smallest absolute Gasteiger partial charge is 0.340 e. The van der Waals surface area contributed by atoms with Crippen LogP contribution in [0.5, 0.6) is 0 Å². The second-order valence-corrected chi connectivity index (χ2v) is 5.88. The summed E-state index contributed by atoms with van der Waals surface area (Å²) in [4.78, 5) is 24.2. The second-order valence-electron chi connectivity index (χ2n) is 5.88. The molecule has 26 heavy (non-hydrogen) atoms. The van der Waals surface area contributed by atoms with Gasteiger partial charge in [-0.1, -0.05) is 55.3 Å². The molecule has 0 spiro atoms. The maximum Gasteiger partial charge on any atom is 0.340 e. The van der Waals surface area contributed by atoms with E-state index in [-0.39, 0.29) is 0 Å². The van der Waals surface area contributed by atoms with Gasteiger partial charge in [-0.15, -0.1) is 0 Å². The number of carbonyl (C=O) groups is 2. The minimum absolute atomic E-state index is 0.335. The third kappa shape index (κ3) is 6.09. The Bertz CT molecular complexity index is 784. The van der Waals surface area contributed by atoms with Crippen molar-refractivity contribution in [2.24, 2.45) is 0 Å². The molecule has 0 aliphatic carbocycles. The van der Waals surface area contributed by atoms with Crippen LogP contribution in [0, 0.1) is 6.92 Å². The molecule has 2 aromatic rings. The number of rotatable bonds is 7. The number of carbonyl (C=O) groups excluding carboxylic acids is 2. The molecule has 0 aliphatic heterocycles. The molecule has 5 nitrogen and oxygen atoms in total. The molecule has 0 unspecified atom stereocenters. The quantitative estimate of drug-likeness (QED) is 0.558. The van der Waals surface area contributed by atoms with E-state index >= 15 is 0 Å². The molecular formula is C21H24N2O3. The van der Waals surface area contributed by atoms with E-state index in [1.165, 1.54) is 0 Å². The summed E-state index contributed by atoms with van der Waals surface area (Å²) in [5.74, 6) is -0.440. The van der Waals surface area contributed by atoms with Gasteiger partial charge in [0.05, 0.1) is 17.9 Å². The van der Waals surface area contributed by atoms with Gasteiger partial charge in [0, 0.05) is 6.20 Å². The summed E-state index contributed by atoms with van der Waals surface area (Å²) in [6, 6.07) is 14.3. The summed E-state index contributed by atoms with van der Waals surface area (Å²) in [5, 5.41) is 5.31. The number of urea groups is 1. The van der Waals surface area contributed by atoms with E-state index < -0.39 is 12.0 Å². The Hall–Kier alpha value is -3.08. The zero-order valence-corrected chi connectivity index (χ0v) is 15.1. The van der Waals surface area contributed by atoms with Crippen molar-refractivity contribution in [2.45, 2.75) is 26.7 Å². The molecule has 0 aromatic heterocycles. The minimum atomic E-state index is -0.440. The number of aryl methyl sites for hydroxylation is 1. The van der Waals surface area contributed by atoms with Crippen molar-refractivity contribution in [1.82, 2.24) is 5.32 Å². The van der Waals surface area contributed by atoms with Crippen molar-refractivity contribution in [3.05, 3.63) is 71.4 Å². The largest absolute Gasteiger partial charge is 0.462 e. The lowest BCUT2D eigenvalue weighted by molar-refractivity contribution is 0.0501. The number of para-hydroxylation sites is 1. The molecule has 0 heterocycles. The van der Waals surface area contributed by atoms with Crippen LogP contribution in [0.4, 0.5) is 10.5 Å². The third-order valence-electron chi connectivity index (χ3n) is 3.66. The Labute approximate surface area is 154 Å². The zero-order chi connectivity index (χ0) is 18.8. The lowest BCUT2D eigenvalue weighted by Crippen LogP contribution is -2.25. The minimum Gasteiger partial charge on any atom is -0.462 e. The molecule has 2 N–H and O–H groups in total. The Balaban J connectivity index is 1.95. The number of nitrogens with one attached hydrogen (secondary N) is 2. The monoisotopic (exact) mass is 352 g/mol. The van der Waals surface area contributed by atoms with Gasteiger partial charge in [0.25, 0.3) is 0 Å². The molecule has 0 aliphatic rings. The van der Waals surface area contributed by atoms with Crippen molar-refractivity contribution < 1.29 is 14.3 Å². The summed E-state index contributed by atoms with van der Waals surface area (Å²) >= 11 is 0. The summed E-state index contributed by atoms with van der Waals surface area (Å²) in [6.07, 6.45) is 5.12. The summed E-state index contributed by atoms with van der Waals surface area (Å²) < 4.78 is 5.22. The van der Waals surface area contributed by atoms with Crippen molar-refractivity contribution in [3.63, 3.8) is 0 Å². The van der Waals surface area contributed by atoms with Gasteiger partial charge in [0.2, 0.25) is 0 Å². The first-order valence-corrected chi connectivity index (χ1v) is 8.67. The summed E-state index contributed by atoms with van der Waals surface area (Å²) in [6.45, 7) is 4.40. The van der Waals surface area contributed by atoms with Gasteiger partial charge in [-0.05, 0) is 37.1 Å². The van der Waals surface area contributed by atoms with Gasteiger partial charge in [-0.3, -0.25) is 0 Å². The number of hydrogen-bond acceptors (Lipinski definition) is 3. The van der Waals surface area contributed by atoms with E-state index in [9.17, 15) is 9.59 Å².